The molecule has 0 aliphatic carbocycles. The van der Waals surface area contributed by atoms with Crippen molar-refractivity contribution < 1.29 is 4.99 Å². The summed E-state index contributed by atoms with van der Waals surface area (Å²) in [6.45, 7) is 4.32. The van der Waals surface area contributed by atoms with Gasteiger partial charge in [-0.1, -0.05) is 29.8 Å². The maximum atomic E-state index is 3.37. The van der Waals surface area contributed by atoms with Gasteiger partial charge in [-0.25, -0.2) is 0 Å². The van der Waals surface area contributed by atoms with Crippen molar-refractivity contribution in [2.75, 3.05) is 13.1 Å². The van der Waals surface area contributed by atoms with E-state index in [2.05, 4.69) is 41.5 Å². The Balaban J connectivity index is 1.87. The molecular formula is C12H17N2S+. The molecule has 0 unspecified atom stereocenters. The zero-order chi connectivity index (χ0) is 10.5. The second-order valence-electron chi connectivity index (χ2n) is 3.81. The van der Waals surface area contributed by atoms with E-state index in [1.165, 1.54) is 22.7 Å². The lowest BCUT2D eigenvalue weighted by Gasteiger charge is -2.07. The maximum absolute atomic E-state index is 3.37. The Morgan fingerprint density at radius 2 is 2.13 bits per heavy atom. The Morgan fingerprint density at radius 3 is 2.80 bits per heavy atom. The summed E-state index contributed by atoms with van der Waals surface area (Å²) in [5.74, 6) is 1.04. The predicted octanol–water partition coefficient (Wildman–Crippen LogP) is 0.658. The molecule has 0 bridgehead atoms. The van der Waals surface area contributed by atoms with Crippen LogP contribution in [-0.4, -0.2) is 18.3 Å². The molecule has 2 nitrogen and oxygen atoms in total. The molecule has 80 valence electrons. The van der Waals surface area contributed by atoms with Gasteiger partial charge in [-0.05, 0) is 24.2 Å². The molecule has 0 saturated carbocycles. The Morgan fingerprint density at radius 1 is 1.33 bits per heavy atom. The van der Waals surface area contributed by atoms with Crippen LogP contribution in [0.15, 0.2) is 24.3 Å². The standard InChI is InChI=1S/C12H16N2S/c1-10-3-5-11(6-4-10)9-15-12-13-7-2-8-14-12/h3-6H,2,7-9H2,1H3,(H,13,14)/p+1. The minimum Gasteiger partial charge on any atom is -0.269 e. The first-order valence-corrected chi connectivity index (χ1v) is 6.36. The highest BCUT2D eigenvalue weighted by Crippen LogP contribution is 2.12. The van der Waals surface area contributed by atoms with Crippen molar-refractivity contribution in [3.63, 3.8) is 0 Å². The molecule has 2 N–H and O–H groups in total. The topological polar surface area (TPSA) is 26.0 Å². The van der Waals surface area contributed by atoms with E-state index < -0.39 is 0 Å². The van der Waals surface area contributed by atoms with Crippen molar-refractivity contribution in [1.82, 2.24) is 5.32 Å². The summed E-state index contributed by atoms with van der Waals surface area (Å²) in [5, 5.41) is 4.59. The Bertz CT molecular complexity index is 343. The lowest BCUT2D eigenvalue weighted by Crippen LogP contribution is -2.78. The molecule has 15 heavy (non-hydrogen) atoms. The van der Waals surface area contributed by atoms with Gasteiger partial charge in [-0.3, -0.25) is 10.3 Å². The summed E-state index contributed by atoms with van der Waals surface area (Å²) in [6, 6.07) is 8.74. The minimum atomic E-state index is 1.04. The van der Waals surface area contributed by atoms with E-state index in [1.54, 1.807) is 0 Å². The van der Waals surface area contributed by atoms with Gasteiger partial charge in [-0.15, -0.1) is 0 Å². The third-order valence-corrected chi connectivity index (χ3v) is 3.48. The highest BCUT2D eigenvalue weighted by atomic mass is 32.2. The largest absolute Gasteiger partial charge is 0.304 e. The number of amidine groups is 1. The summed E-state index contributed by atoms with van der Waals surface area (Å²) in [4.78, 5) is 3.37. The van der Waals surface area contributed by atoms with Crippen LogP contribution in [0, 0.1) is 6.92 Å². The number of benzene rings is 1. The van der Waals surface area contributed by atoms with E-state index in [0.29, 0.717) is 0 Å². The zero-order valence-corrected chi connectivity index (χ0v) is 9.86. The van der Waals surface area contributed by atoms with Gasteiger partial charge in [0, 0.05) is 12.2 Å². The van der Waals surface area contributed by atoms with Crippen molar-refractivity contribution in [3.05, 3.63) is 35.4 Å². The molecule has 0 spiro atoms. The Hall–Kier alpha value is -0.960. The van der Waals surface area contributed by atoms with Crippen molar-refractivity contribution in [1.29, 1.82) is 0 Å². The highest BCUT2D eigenvalue weighted by molar-refractivity contribution is 8.12. The zero-order valence-electron chi connectivity index (χ0n) is 9.05. The number of hydrogen-bond acceptors (Lipinski definition) is 2. The minimum absolute atomic E-state index is 1.04. The van der Waals surface area contributed by atoms with Crippen LogP contribution in [0.2, 0.25) is 0 Å². The van der Waals surface area contributed by atoms with E-state index in [-0.39, 0.29) is 0 Å². The van der Waals surface area contributed by atoms with Crippen LogP contribution in [0.25, 0.3) is 0 Å². The van der Waals surface area contributed by atoms with Gasteiger partial charge in [0.2, 0.25) is 0 Å². The van der Waals surface area contributed by atoms with Crippen LogP contribution in [-0.2, 0) is 5.75 Å². The van der Waals surface area contributed by atoms with E-state index in [9.17, 15) is 0 Å². The quantitative estimate of drug-likeness (QED) is 0.767. The highest BCUT2D eigenvalue weighted by Gasteiger charge is 2.10. The van der Waals surface area contributed by atoms with Crippen LogP contribution in [0.5, 0.6) is 0 Å². The molecule has 1 aliphatic rings. The van der Waals surface area contributed by atoms with Gasteiger partial charge in [-0.2, -0.15) is 0 Å². The van der Waals surface area contributed by atoms with Crippen LogP contribution in [0.3, 0.4) is 0 Å². The van der Waals surface area contributed by atoms with Crippen LogP contribution in [0.1, 0.15) is 17.5 Å². The predicted molar refractivity (Wildman–Crippen MR) is 65.9 cm³/mol. The second kappa shape index (κ2) is 5.21. The van der Waals surface area contributed by atoms with Gasteiger partial charge in [0.15, 0.2) is 0 Å². The lowest BCUT2D eigenvalue weighted by atomic mass is 10.2. The Labute approximate surface area is 95.2 Å². The number of aryl methyl sites for hydroxylation is 1. The first-order valence-electron chi connectivity index (χ1n) is 5.37. The van der Waals surface area contributed by atoms with Gasteiger partial charge in [0.1, 0.15) is 0 Å². The molecule has 0 saturated heterocycles. The first-order chi connectivity index (χ1) is 7.34. The molecule has 1 heterocycles. The monoisotopic (exact) mass is 221 g/mol. The molecule has 0 aromatic heterocycles. The van der Waals surface area contributed by atoms with Crippen LogP contribution >= 0.6 is 11.8 Å². The molecule has 1 aromatic rings. The van der Waals surface area contributed by atoms with E-state index in [4.69, 9.17) is 0 Å². The average Bonchev–Trinajstić information content (AvgIpc) is 2.30. The van der Waals surface area contributed by atoms with Gasteiger partial charge in [0.25, 0.3) is 0 Å². The van der Waals surface area contributed by atoms with Crippen molar-refractivity contribution in [2.45, 2.75) is 19.1 Å². The molecule has 1 aromatic carbocycles. The fraction of sp³-hybridized carbons (Fsp3) is 0.417. The van der Waals surface area contributed by atoms with Gasteiger partial charge < -0.3 is 0 Å². The summed E-state index contributed by atoms with van der Waals surface area (Å²) in [5.41, 5.74) is 2.71. The fourth-order valence-electron chi connectivity index (χ4n) is 1.50. The molecule has 1 aliphatic heterocycles. The summed E-state index contributed by atoms with van der Waals surface area (Å²) >= 11 is 1.85. The molecule has 0 fully saturated rings. The molecular weight excluding hydrogens is 204 g/mol. The van der Waals surface area contributed by atoms with E-state index in [0.717, 1.165) is 18.8 Å². The Kier molecular flexibility index (Phi) is 3.67. The third-order valence-electron chi connectivity index (χ3n) is 2.43. The fourth-order valence-corrected chi connectivity index (χ4v) is 2.41. The van der Waals surface area contributed by atoms with Crippen LogP contribution in [0.4, 0.5) is 0 Å². The summed E-state index contributed by atoms with van der Waals surface area (Å²) < 4.78 is 0. The lowest BCUT2D eigenvalue weighted by molar-refractivity contribution is -0.460. The number of nitrogens with one attached hydrogen (secondary N) is 2. The molecule has 2 rings (SSSR count). The normalized spacial score (nSPS) is 15.7. The smallest absolute Gasteiger partial charge is 0.269 e. The van der Waals surface area contributed by atoms with Crippen LogP contribution < -0.4 is 10.3 Å². The molecule has 3 heteroatoms. The SMILES string of the molecule is Cc1ccc(CSC2=[NH+]CCCN2)cc1. The average molecular weight is 221 g/mol. The van der Waals surface area contributed by atoms with Gasteiger partial charge in [0.05, 0.1) is 13.1 Å². The molecule has 0 atom stereocenters. The summed E-state index contributed by atoms with van der Waals surface area (Å²) in [6.07, 6.45) is 1.22. The molecule has 0 radical (unpaired) electrons. The van der Waals surface area contributed by atoms with Crippen molar-refractivity contribution in [3.8, 4) is 0 Å². The van der Waals surface area contributed by atoms with Crippen molar-refractivity contribution >= 4 is 16.9 Å². The number of rotatable bonds is 2. The number of hydrogen-bond donors (Lipinski definition) is 2. The van der Waals surface area contributed by atoms with E-state index >= 15 is 0 Å². The van der Waals surface area contributed by atoms with E-state index in [1.807, 2.05) is 11.8 Å². The van der Waals surface area contributed by atoms with Gasteiger partial charge >= 0.3 is 5.17 Å². The molecule has 0 amide bonds. The first kappa shape index (κ1) is 10.6. The maximum Gasteiger partial charge on any atom is 0.304 e. The summed E-state index contributed by atoms with van der Waals surface area (Å²) in [7, 11) is 0. The van der Waals surface area contributed by atoms with Crippen molar-refractivity contribution in [2.24, 2.45) is 0 Å². The number of thioether (sulfide) groups is 1. The third kappa shape index (κ3) is 3.27. The second-order valence-corrected chi connectivity index (χ2v) is 4.80.